The fraction of sp³-hybridized carbons (Fsp3) is 0.421. The van der Waals surface area contributed by atoms with Crippen LogP contribution in [-0.2, 0) is 4.79 Å². The zero-order valence-corrected chi connectivity index (χ0v) is 15.0. The molecule has 1 aliphatic carbocycles. The molecule has 0 bridgehead atoms. The van der Waals surface area contributed by atoms with Gasteiger partial charge in [-0.05, 0) is 42.9 Å². The van der Waals surface area contributed by atoms with Gasteiger partial charge in [-0.25, -0.2) is 4.79 Å². The van der Waals surface area contributed by atoms with Crippen LogP contribution in [-0.4, -0.2) is 44.8 Å². The van der Waals surface area contributed by atoms with Gasteiger partial charge in [-0.3, -0.25) is 9.48 Å². The van der Waals surface area contributed by atoms with Crippen molar-refractivity contribution in [2.45, 2.75) is 31.2 Å². The van der Waals surface area contributed by atoms with E-state index in [4.69, 9.17) is 16.7 Å². The van der Waals surface area contributed by atoms with E-state index in [0.29, 0.717) is 18.1 Å². The third-order valence-corrected chi connectivity index (χ3v) is 5.62. The largest absolute Gasteiger partial charge is 0.478 e. The smallest absolute Gasteiger partial charge is 0.338 e. The number of rotatable bonds is 4. The predicted octanol–water partition coefficient (Wildman–Crippen LogP) is 3.20. The van der Waals surface area contributed by atoms with E-state index in [1.54, 1.807) is 10.9 Å². The molecule has 1 N–H and O–H groups in total. The van der Waals surface area contributed by atoms with E-state index in [9.17, 15) is 9.59 Å². The van der Waals surface area contributed by atoms with Crippen LogP contribution in [0.25, 0.3) is 0 Å². The Morgan fingerprint density at radius 3 is 2.65 bits per heavy atom. The SMILES string of the molecule is O=C(O)c1cnn(C2CCN(C(=O)C3CC3c3cccc(Cl)c3)CC2)c1. The van der Waals surface area contributed by atoms with Crippen LogP contribution in [0, 0.1) is 5.92 Å². The lowest BCUT2D eigenvalue weighted by atomic mass is 10.0. The molecule has 2 atom stereocenters. The van der Waals surface area contributed by atoms with Gasteiger partial charge in [0.2, 0.25) is 5.91 Å². The number of likely N-dealkylation sites (tertiary alicyclic amines) is 1. The van der Waals surface area contributed by atoms with Crippen LogP contribution in [0.2, 0.25) is 5.02 Å². The Hall–Kier alpha value is -2.34. The Balaban J connectivity index is 1.33. The van der Waals surface area contributed by atoms with Gasteiger partial charge in [0, 0.05) is 30.2 Å². The average molecular weight is 374 g/mol. The lowest BCUT2D eigenvalue weighted by Gasteiger charge is -2.32. The van der Waals surface area contributed by atoms with E-state index in [-0.39, 0.29) is 29.3 Å². The van der Waals surface area contributed by atoms with E-state index < -0.39 is 5.97 Å². The molecule has 1 amide bonds. The summed E-state index contributed by atoms with van der Waals surface area (Å²) in [6, 6.07) is 7.91. The van der Waals surface area contributed by atoms with Gasteiger partial charge in [0.25, 0.3) is 0 Å². The number of hydrogen-bond donors (Lipinski definition) is 1. The fourth-order valence-corrected chi connectivity index (χ4v) is 4.01. The molecule has 1 aliphatic heterocycles. The Kier molecular flexibility index (Phi) is 4.44. The summed E-state index contributed by atoms with van der Waals surface area (Å²) in [6.07, 6.45) is 5.42. The zero-order chi connectivity index (χ0) is 18.3. The number of benzene rings is 1. The van der Waals surface area contributed by atoms with Gasteiger partial charge in [-0.1, -0.05) is 23.7 Å². The van der Waals surface area contributed by atoms with E-state index in [2.05, 4.69) is 5.10 Å². The van der Waals surface area contributed by atoms with Crippen LogP contribution >= 0.6 is 11.6 Å². The first kappa shape index (κ1) is 17.1. The van der Waals surface area contributed by atoms with Gasteiger partial charge in [0.05, 0.1) is 17.8 Å². The van der Waals surface area contributed by atoms with E-state index in [0.717, 1.165) is 24.8 Å². The van der Waals surface area contributed by atoms with Crippen molar-refractivity contribution in [3.63, 3.8) is 0 Å². The second kappa shape index (κ2) is 6.76. The molecule has 26 heavy (non-hydrogen) atoms. The van der Waals surface area contributed by atoms with Crippen LogP contribution in [0.5, 0.6) is 0 Å². The van der Waals surface area contributed by atoms with Gasteiger partial charge < -0.3 is 10.0 Å². The minimum atomic E-state index is -0.968. The summed E-state index contributed by atoms with van der Waals surface area (Å²) < 4.78 is 1.72. The number of carboxylic acids is 1. The van der Waals surface area contributed by atoms with E-state index >= 15 is 0 Å². The molecule has 4 rings (SSSR count). The number of carbonyl (C=O) groups is 2. The molecular weight excluding hydrogens is 354 g/mol. The maximum atomic E-state index is 12.8. The first-order chi connectivity index (χ1) is 12.5. The minimum absolute atomic E-state index is 0.0633. The second-order valence-electron chi connectivity index (χ2n) is 7.07. The number of amides is 1. The summed E-state index contributed by atoms with van der Waals surface area (Å²) in [7, 11) is 0. The topological polar surface area (TPSA) is 75.4 Å². The molecule has 1 aromatic heterocycles. The number of carbonyl (C=O) groups excluding carboxylic acids is 1. The predicted molar refractivity (Wildman–Crippen MR) is 96.3 cm³/mol. The highest BCUT2D eigenvalue weighted by atomic mass is 35.5. The van der Waals surface area contributed by atoms with Crippen LogP contribution in [0.1, 0.15) is 47.1 Å². The highest BCUT2D eigenvalue weighted by molar-refractivity contribution is 6.30. The van der Waals surface area contributed by atoms with Crippen molar-refractivity contribution >= 4 is 23.5 Å². The van der Waals surface area contributed by atoms with Crippen LogP contribution in [0.15, 0.2) is 36.7 Å². The molecular formula is C19H20ClN3O3. The van der Waals surface area contributed by atoms with Crippen LogP contribution < -0.4 is 0 Å². The summed E-state index contributed by atoms with van der Waals surface area (Å²) in [5.74, 6) is -0.402. The Morgan fingerprint density at radius 1 is 1.23 bits per heavy atom. The van der Waals surface area contributed by atoms with Crippen molar-refractivity contribution in [1.29, 1.82) is 0 Å². The lowest BCUT2D eigenvalue weighted by molar-refractivity contribution is -0.134. The molecule has 2 fully saturated rings. The highest BCUT2D eigenvalue weighted by Gasteiger charge is 2.46. The molecule has 0 radical (unpaired) electrons. The summed E-state index contributed by atoms with van der Waals surface area (Å²) >= 11 is 6.05. The van der Waals surface area contributed by atoms with Gasteiger partial charge in [-0.2, -0.15) is 5.10 Å². The average Bonchev–Trinajstić information content (AvgIpc) is 3.28. The van der Waals surface area contributed by atoms with Gasteiger partial charge in [0.1, 0.15) is 0 Å². The Morgan fingerprint density at radius 2 is 2.00 bits per heavy atom. The maximum Gasteiger partial charge on any atom is 0.338 e. The number of aromatic carboxylic acids is 1. The van der Waals surface area contributed by atoms with Crippen molar-refractivity contribution < 1.29 is 14.7 Å². The molecule has 1 aromatic carbocycles. The molecule has 136 valence electrons. The number of halogens is 1. The molecule has 2 heterocycles. The third kappa shape index (κ3) is 3.33. The van der Waals surface area contributed by atoms with Gasteiger partial charge in [0.15, 0.2) is 0 Å². The maximum absolute atomic E-state index is 12.8. The fourth-order valence-electron chi connectivity index (χ4n) is 3.81. The first-order valence-electron chi connectivity index (χ1n) is 8.84. The van der Waals surface area contributed by atoms with Crippen molar-refractivity contribution in [2.24, 2.45) is 5.92 Å². The van der Waals surface area contributed by atoms with E-state index in [1.165, 1.54) is 6.20 Å². The van der Waals surface area contributed by atoms with Crippen molar-refractivity contribution in [1.82, 2.24) is 14.7 Å². The Bertz CT molecular complexity index is 842. The number of hydrogen-bond acceptors (Lipinski definition) is 3. The standard InChI is InChI=1S/C19H20ClN3O3/c20-14-3-1-2-12(8-14)16-9-17(16)18(24)22-6-4-15(5-7-22)23-11-13(10-21-23)19(25)26/h1-3,8,10-11,15-17H,4-7,9H2,(H,25,26). The first-order valence-corrected chi connectivity index (χ1v) is 9.22. The number of carboxylic acid groups (broad SMARTS) is 1. The summed E-state index contributed by atoms with van der Waals surface area (Å²) in [5, 5.41) is 13.9. The highest BCUT2D eigenvalue weighted by Crippen LogP contribution is 2.49. The molecule has 6 nitrogen and oxygen atoms in total. The number of aromatic nitrogens is 2. The summed E-state index contributed by atoms with van der Waals surface area (Å²) in [6.45, 7) is 1.37. The monoisotopic (exact) mass is 373 g/mol. The number of nitrogens with zero attached hydrogens (tertiary/aromatic N) is 3. The molecule has 0 spiro atoms. The quantitative estimate of drug-likeness (QED) is 0.892. The second-order valence-corrected chi connectivity index (χ2v) is 7.51. The normalized spacial score (nSPS) is 23.0. The molecule has 2 unspecified atom stereocenters. The van der Waals surface area contributed by atoms with Gasteiger partial charge in [-0.15, -0.1) is 0 Å². The molecule has 1 saturated heterocycles. The molecule has 7 heteroatoms. The van der Waals surface area contributed by atoms with Crippen LogP contribution in [0.4, 0.5) is 0 Å². The third-order valence-electron chi connectivity index (χ3n) is 5.38. The lowest BCUT2D eigenvalue weighted by Crippen LogP contribution is -2.40. The molecule has 2 aromatic rings. The Labute approximate surface area is 156 Å². The van der Waals surface area contributed by atoms with E-state index in [1.807, 2.05) is 29.2 Å². The summed E-state index contributed by atoms with van der Waals surface area (Å²) in [4.78, 5) is 25.7. The minimum Gasteiger partial charge on any atom is -0.478 e. The van der Waals surface area contributed by atoms with Crippen molar-refractivity contribution in [3.05, 3.63) is 52.8 Å². The molecule has 2 aliphatic rings. The van der Waals surface area contributed by atoms with Crippen LogP contribution in [0.3, 0.4) is 0 Å². The summed E-state index contributed by atoms with van der Waals surface area (Å²) in [5.41, 5.74) is 1.34. The molecule has 1 saturated carbocycles. The van der Waals surface area contributed by atoms with Gasteiger partial charge >= 0.3 is 5.97 Å². The number of piperidine rings is 1. The zero-order valence-electron chi connectivity index (χ0n) is 14.2. The van der Waals surface area contributed by atoms with Crippen molar-refractivity contribution in [2.75, 3.05) is 13.1 Å². The van der Waals surface area contributed by atoms with Crippen molar-refractivity contribution in [3.8, 4) is 0 Å².